The van der Waals surface area contributed by atoms with Gasteiger partial charge in [0.25, 0.3) is 11.8 Å². The number of hydrogen-bond acceptors (Lipinski definition) is 5. The van der Waals surface area contributed by atoms with Crippen molar-refractivity contribution in [3.63, 3.8) is 0 Å². The van der Waals surface area contributed by atoms with Gasteiger partial charge in [-0.2, -0.15) is 5.10 Å². The summed E-state index contributed by atoms with van der Waals surface area (Å²) in [5.74, 6) is 0.137. The third-order valence-electron chi connectivity index (χ3n) is 3.99. The molecule has 9 heteroatoms. The van der Waals surface area contributed by atoms with Gasteiger partial charge in [-0.25, -0.2) is 4.98 Å². The van der Waals surface area contributed by atoms with Crippen LogP contribution in [0.2, 0.25) is 5.02 Å². The van der Waals surface area contributed by atoms with Crippen molar-refractivity contribution < 1.29 is 9.59 Å². The van der Waals surface area contributed by atoms with Crippen LogP contribution in [0.5, 0.6) is 0 Å². The monoisotopic (exact) mass is 429 g/mol. The molecule has 29 heavy (non-hydrogen) atoms. The molecule has 7 nitrogen and oxygen atoms in total. The number of benzene rings is 2. The maximum absolute atomic E-state index is 12.7. The second-order valence-electron chi connectivity index (χ2n) is 6.18. The number of rotatable bonds is 8. The quantitative estimate of drug-likeness (QED) is 0.467. The summed E-state index contributed by atoms with van der Waals surface area (Å²) in [5.41, 5.74) is 2.28. The predicted octanol–water partition coefficient (Wildman–Crippen LogP) is 4.14. The first-order chi connectivity index (χ1) is 14.1. The Kier molecular flexibility index (Phi) is 7.26. The van der Waals surface area contributed by atoms with Crippen LogP contribution >= 0.6 is 23.4 Å². The number of H-pyrrole nitrogens is 1. The van der Waals surface area contributed by atoms with Crippen molar-refractivity contribution in [2.45, 2.75) is 24.3 Å². The molecular weight excluding hydrogens is 410 g/mol. The summed E-state index contributed by atoms with van der Waals surface area (Å²) in [6, 6.07) is 12.0. The lowest BCUT2D eigenvalue weighted by atomic mass is 10.1. The number of hydrogen-bond donors (Lipinski definition) is 3. The number of thioether (sulfide) groups is 1. The van der Waals surface area contributed by atoms with E-state index < -0.39 is 0 Å². The Morgan fingerprint density at radius 2 is 1.93 bits per heavy atom. The molecule has 0 saturated heterocycles. The summed E-state index contributed by atoms with van der Waals surface area (Å²) in [6.45, 7) is 2.53. The lowest BCUT2D eigenvalue weighted by molar-refractivity contribution is 0.0954. The van der Waals surface area contributed by atoms with Gasteiger partial charge in [0.05, 0.1) is 11.3 Å². The minimum Gasteiger partial charge on any atom is -0.352 e. The molecule has 0 aliphatic rings. The van der Waals surface area contributed by atoms with Crippen LogP contribution in [0.4, 0.5) is 5.69 Å². The molecule has 1 heterocycles. The van der Waals surface area contributed by atoms with Crippen LogP contribution in [0.3, 0.4) is 0 Å². The molecule has 0 saturated carbocycles. The van der Waals surface area contributed by atoms with Crippen LogP contribution in [0.25, 0.3) is 0 Å². The van der Waals surface area contributed by atoms with Gasteiger partial charge in [0, 0.05) is 22.9 Å². The summed E-state index contributed by atoms with van der Waals surface area (Å²) in [7, 11) is 0. The Bertz CT molecular complexity index is 977. The largest absolute Gasteiger partial charge is 0.352 e. The number of amides is 2. The van der Waals surface area contributed by atoms with Gasteiger partial charge < -0.3 is 10.6 Å². The van der Waals surface area contributed by atoms with E-state index in [0.29, 0.717) is 34.1 Å². The van der Waals surface area contributed by atoms with Crippen molar-refractivity contribution in [2.75, 3.05) is 11.9 Å². The number of aromatic amines is 1. The molecule has 0 aliphatic carbocycles. The molecule has 0 atom stereocenters. The highest BCUT2D eigenvalue weighted by Gasteiger charge is 2.15. The summed E-state index contributed by atoms with van der Waals surface area (Å²) in [6.07, 6.45) is 2.28. The Balaban J connectivity index is 1.68. The van der Waals surface area contributed by atoms with Crippen molar-refractivity contribution in [3.05, 3.63) is 70.5 Å². The molecule has 0 bridgehead atoms. The maximum atomic E-state index is 12.7. The van der Waals surface area contributed by atoms with E-state index in [1.165, 1.54) is 18.1 Å². The molecule has 1 aromatic heterocycles. The molecule has 3 aromatic rings. The highest BCUT2D eigenvalue weighted by molar-refractivity contribution is 7.98. The van der Waals surface area contributed by atoms with Crippen LogP contribution in [-0.2, 0) is 5.75 Å². The summed E-state index contributed by atoms with van der Waals surface area (Å²) in [5, 5.41) is 13.4. The maximum Gasteiger partial charge on any atom is 0.255 e. The van der Waals surface area contributed by atoms with Crippen molar-refractivity contribution in [1.29, 1.82) is 0 Å². The molecule has 0 radical (unpaired) electrons. The van der Waals surface area contributed by atoms with Crippen LogP contribution in [-0.4, -0.2) is 33.5 Å². The lowest BCUT2D eigenvalue weighted by Crippen LogP contribution is -2.25. The molecule has 0 spiro atoms. The highest BCUT2D eigenvalue weighted by Crippen LogP contribution is 2.23. The average molecular weight is 430 g/mol. The zero-order chi connectivity index (χ0) is 20.6. The number of carbonyl (C=O) groups excluding carboxylic acids is 2. The Morgan fingerprint density at radius 3 is 2.62 bits per heavy atom. The number of nitrogens with one attached hydrogen (secondary N) is 3. The van der Waals surface area contributed by atoms with E-state index in [1.807, 2.05) is 19.1 Å². The first-order valence-electron chi connectivity index (χ1n) is 9.03. The molecule has 0 aliphatic heterocycles. The molecule has 150 valence electrons. The Hall–Kier alpha value is -2.84. The fraction of sp³-hybridized carbons (Fsp3) is 0.200. The van der Waals surface area contributed by atoms with Crippen molar-refractivity contribution in [3.8, 4) is 0 Å². The van der Waals surface area contributed by atoms with Gasteiger partial charge >= 0.3 is 0 Å². The van der Waals surface area contributed by atoms with Gasteiger partial charge in [0.1, 0.15) is 6.33 Å². The van der Waals surface area contributed by atoms with Gasteiger partial charge in [-0.1, -0.05) is 42.4 Å². The lowest BCUT2D eigenvalue weighted by Gasteiger charge is -2.12. The van der Waals surface area contributed by atoms with E-state index in [2.05, 4.69) is 25.8 Å². The summed E-state index contributed by atoms with van der Waals surface area (Å²) >= 11 is 7.58. The van der Waals surface area contributed by atoms with Gasteiger partial charge in [0.15, 0.2) is 5.16 Å². The SMILES string of the molecule is CCCNC(=O)c1ccc(Cl)cc1NC(=O)c1ccc(CSc2ncn[nH]2)cc1. The average Bonchev–Trinajstić information content (AvgIpc) is 3.24. The number of carbonyl (C=O) groups is 2. The zero-order valence-electron chi connectivity index (χ0n) is 15.7. The van der Waals surface area contributed by atoms with Crippen LogP contribution < -0.4 is 10.6 Å². The molecule has 0 fully saturated rings. The number of nitrogens with zero attached hydrogens (tertiary/aromatic N) is 2. The molecule has 0 unspecified atom stereocenters. The van der Waals surface area contributed by atoms with Crippen LogP contribution in [0.15, 0.2) is 53.9 Å². The first-order valence-corrected chi connectivity index (χ1v) is 10.4. The highest BCUT2D eigenvalue weighted by atomic mass is 35.5. The number of anilines is 1. The van der Waals surface area contributed by atoms with E-state index >= 15 is 0 Å². The van der Waals surface area contributed by atoms with Crippen molar-refractivity contribution >= 4 is 40.9 Å². The normalized spacial score (nSPS) is 10.6. The molecular formula is C20H20ClN5O2S. The molecule has 2 aromatic carbocycles. The van der Waals surface area contributed by atoms with Crippen LogP contribution in [0.1, 0.15) is 39.6 Å². The standard InChI is InChI=1S/C20H20ClN5O2S/c1-2-9-22-19(28)16-8-7-15(21)10-17(16)25-18(27)14-5-3-13(4-6-14)11-29-20-23-12-24-26-20/h3-8,10,12H,2,9,11H2,1H3,(H,22,28)(H,25,27)(H,23,24,26). The number of halogens is 1. The molecule has 3 N–H and O–H groups in total. The van der Waals surface area contributed by atoms with Crippen LogP contribution in [0, 0.1) is 0 Å². The second kappa shape index (κ2) is 10.1. The third-order valence-corrected chi connectivity index (χ3v) is 5.18. The first kappa shape index (κ1) is 20.9. The number of aromatic nitrogens is 3. The topological polar surface area (TPSA) is 99.8 Å². The van der Waals surface area contributed by atoms with E-state index in [1.54, 1.807) is 30.3 Å². The zero-order valence-corrected chi connectivity index (χ0v) is 17.3. The Labute approximate surface area is 177 Å². The summed E-state index contributed by atoms with van der Waals surface area (Å²) < 4.78 is 0. The Morgan fingerprint density at radius 1 is 1.14 bits per heavy atom. The van der Waals surface area contributed by atoms with E-state index in [4.69, 9.17) is 11.6 Å². The van der Waals surface area contributed by atoms with Crippen molar-refractivity contribution in [2.24, 2.45) is 0 Å². The third kappa shape index (κ3) is 5.82. The predicted molar refractivity (Wildman–Crippen MR) is 114 cm³/mol. The van der Waals surface area contributed by atoms with E-state index in [0.717, 1.165) is 17.1 Å². The second-order valence-corrected chi connectivity index (χ2v) is 7.58. The smallest absolute Gasteiger partial charge is 0.255 e. The minimum atomic E-state index is -0.314. The van der Waals surface area contributed by atoms with Gasteiger partial charge in [-0.15, -0.1) is 0 Å². The van der Waals surface area contributed by atoms with Gasteiger partial charge in [-0.05, 0) is 42.3 Å². The van der Waals surface area contributed by atoms with E-state index in [9.17, 15) is 9.59 Å². The molecule has 3 rings (SSSR count). The fourth-order valence-electron chi connectivity index (χ4n) is 2.51. The van der Waals surface area contributed by atoms with E-state index in [-0.39, 0.29) is 11.8 Å². The van der Waals surface area contributed by atoms with Gasteiger partial charge in [0.2, 0.25) is 0 Å². The molecule has 2 amide bonds. The van der Waals surface area contributed by atoms with Crippen molar-refractivity contribution in [1.82, 2.24) is 20.5 Å². The van der Waals surface area contributed by atoms with Gasteiger partial charge in [-0.3, -0.25) is 14.7 Å². The summed E-state index contributed by atoms with van der Waals surface area (Å²) in [4.78, 5) is 29.1. The minimum absolute atomic E-state index is 0.251. The fourth-order valence-corrected chi connectivity index (χ4v) is 3.42.